The fraction of sp³-hybridized carbons (Fsp3) is 0.611. The molecule has 1 saturated carbocycles. The summed E-state index contributed by atoms with van der Waals surface area (Å²) in [4.78, 5) is 4.11. The van der Waals surface area contributed by atoms with Crippen LogP contribution in [0.1, 0.15) is 24.8 Å². The van der Waals surface area contributed by atoms with E-state index in [1.54, 1.807) is 7.05 Å². The van der Waals surface area contributed by atoms with Crippen molar-refractivity contribution < 1.29 is 22.6 Å². The molecule has 0 aromatic heterocycles. The van der Waals surface area contributed by atoms with Crippen molar-refractivity contribution in [3.63, 3.8) is 0 Å². The van der Waals surface area contributed by atoms with E-state index in [1.807, 2.05) is 24.3 Å². The monoisotopic (exact) mass is 373 g/mol. The van der Waals surface area contributed by atoms with Crippen molar-refractivity contribution in [2.24, 2.45) is 10.9 Å². The molecule has 1 aromatic carbocycles. The number of nitrogens with one attached hydrogen (secondary N) is 2. The molecule has 0 radical (unpaired) electrons. The molecule has 2 rings (SSSR count). The maximum atomic E-state index is 12.0. The van der Waals surface area contributed by atoms with Gasteiger partial charge in [0.1, 0.15) is 12.4 Å². The van der Waals surface area contributed by atoms with Gasteiger partial charge in [0.25, 0.3) is 0 Å². The van der Waals surface area contributed by atoms with Crippen molar-refractivity contribution >= 4 is 5.96 Å². The van der Waals surface area contributed by atoms with Gasteiger partial charge >= 0.3 is 6.18 Å². The lowest BCUT2D eigenvalue weighted by molar-refractivity contribution is -0.173. The van der Waals surface area contributed by atoms with Crippen LogP contribution in [0.3, 0.4) is 0 Å². The van der Waals surface area contributed by atoms with E-state index in [1.165, 1.54) is 12.8 Å². The van der Waals surface area contributed by atoms with Gasteiger partial charge < -0.3 is 20.1 Å². The molecule has 1 aliphatic rings. The van der Waals surface area contributed by atoms with Gasteiger partial charge in [0.05, 0.1) is 6.61 Å². The Morgan fingerprint density at radius 3 is 2.69 bits per heavy atom. The second kappa shape index (κ2) is 10.3. The first-order chi connectivity index (χ1) is 12.5. The Bertz CT molecular complexity index is 575. The average molecular weight is 373 g/mol. The third-order valence-corrected chi connectivity index (χ3v) is 3.84. The zero-order chi connectivity index (χ0) is 18.8. The molecule has 146 valence electrons. The van der Waals surface area contributed by atoms with Crippen LogP contribution in [0, 0.1) is 5.92 Å². The van der Waals surface area contributed by atoms with E-state index in [-0.39, 0.29) is 6.61 Å². The minimum Gasteiger partial charge on any atom is -0.493 e. The van der Waals surface area contributed by atoms with Gasteiger partial charge in [-0.25, -0.2) is 0 Å². The Morgan fingerprint density at radius 2 is 2.00 bits per heavy atom. The van der Waals surface area contributed by atoms with E-state index in [2.05, 4.69) is 20.4 Å². The summed E-state index contributed by atoms with van der Waals surface area (Å²) in [7, 11) is 1.64. The second-order valence-corrected chi connectivity index (χ2v) is 6.24. The Balaban J connectivity index is 1.66. The third kappa shape index (κ3) is 8.42. The SMILES string of the molecule is CN=C(NCCCOCC(F)(F)F)NCc1ccccc1OCC1CC1. The van der Waals surface area contributed by atoms with Crippen LogP contribution in [0.4, 0.5) is 13.2 Å². The van der Waals surface area contributed by atoms with Crippen LogP contribution in [0.15, 0.2) is 29.3 Å². The topological polar surface area (TPSA) is 54.9 Å². The van der Waals surface area contributed by atoms with Crippen LogP contribution in [0.2, 0.25) is 0 Å². The number of guanidine groups is 1. The number of alkyl halides is 3. The third-order valence-electron chi connectivity index (χ3n) is 3.84. The molecule has 0 bridgehead atoms. The normalized spacial score (nSPS) is 15.0. The molecule has 1 aliphatic carbocycles. The van der Waals surface area contributed by atoms with Gasteiger partial charge in [-0.05, 0) is 31.2 Å². The molecular weight excluding hydrogens is 347 g/mol. The Kier molecular flexibility index (Phi) is 8.03. The summed E-state index contributed by atoms with van der Waals surface area (Å²) in [5, 5.41) is 6.24. The number of para-hydroxylation sites is 1. The summed E-state index contributed by atoms with van der Waals surface area (Å²) in [6, 6.07) is 7.84. The summed E-state index contributed by atoms with van der Waals surface area (Å²) in [6.07, 6.45) is -1.34. The number of aliphatic imine (C=N–C) groups is 1. The van der Waals surface area contributed by atoms with Gasteiger partial charge in [-0.3, -0.25) is 4.99 Å². The van der Waals surface area contributed by atoms with Crippen LogP contribution < -0.4 is 15.4 Å². The zero-order valence-electron chi connectivity index (χ0n) is 14.9. The smallest absolute Gasteiger partial charge is 0.411 e. The van der Waals surface area contributed by atoms with E-state index in [0.717, 1.165) is 17.9 Å². The Morgan fingerprint density at radius 1 is 1.23 bits per heavy atom. The highest BCUT2D eigenvalue weighted by atomic mass is 19.4. The van der Waals surface area contributed by atoms with Crippen LogP contribution in [-0.4, -0.2) is 45.5 Å². The first-order valence-electron chi connectivity index (χ1n) is 8.77. The van der Waals surface area contributed by atoms with Gasteiger partial charge in [0.2, 0.25) is 0 Å². The molecule has 0 saturated heterocycles. The molecule has 1 fully saturated rings. The Labute approximate surface area is 152 Å². The number of hydrogen-bond donors (Lipinski definition) is 2. The molecule has 2 N–H and O–H groups in total. The van der Waals surface area contributed by atoms with Crippen molar-refractivity contribution in [2.75, 3.05) is 33.4 Å². The summed E-state index contributed by atoms with van der Waals surface area (Å²) >= 11 is 0. The van der Waals surface area contributed by atoms with Gasteiger partial charge in [-0.2, -0.15) is 13.2 Å². The average Bonchev–Trinajstić information content (AvgIpc) is 3.43. The number of ether oxygens (including phenoxy) is 2. The van der Waals surface area contributed by atoms with Crippen LogP contribution in [0.25, 0.3) is 0 Å². The van der Waals surface area contributed by atoms with Crippen molar-refractivity contribution in [1.29, 1.82) is 0 Å². The fourth-order valence-electron chi connectivity index (χ4n) is 2.25. The molecule has 8 heteroatoms. The fourth-order valence-corrected chi connectivity index (χ4v) is 2.25. The summed E-state index contributed by atoms with van der Waals surface area (Å²) in [5.74, 6) is 2.13. The summed E-state index contributed by atoms with van der Waals surface area (Å²) in [6.45, 7) is 0.601. The van der Waals surface area contributed by atoms with Crippen molar-refractivity contribution in [3.05, 3.63) is 29.8 Å². The lowest BCUT2D eigenvalue weighted by Crippen LogP contribution is -2.37. The summed E-state index contributed by atoms with van der Waals surface area (Å²) in [5.41, 5.74) is 1.03. The molecule has 0 heterocycles. The predicted octanol–water partition coefficient (Wildman–Crippen LogP) is 3.11. The molecule has 0 aliphatic heterocycles. The molecule has 5 nitrogen and oxygen atoms in total. The van der Waals surface area contributed by atoms with Crippen molar-refractivity contribution in [1.82, 2.24) is 10.6 Å². The van der Waals surface area contributed by atoms with Gasteiger partial charge in [0.15, 0.2) is 5.96 Å². The van der Waals surface area contributed by atoms with Crippen LogP contribution in [0.5, 0.6) is 5.75 Å². The number of rotatable bonds is 10. The standard InChI is InChI=1S/C18H26F3N3O2/c1-22-17(23-9-4-10-25-13-18(19,20)21)24-11-15-5-2-3-6-16(15)26-12-14-7-8-14/h2-3,5-6,14H,4,7-13H2,1H3,(H2,22,23,24). The molecule has 0 unspecified atom stereocenters. The molecule has 0 amide bonds. The molecule has 0 atom stereocenters. The highest BCUT2D eigenvalue weighted by molar-refractivity contribution is 5.79. The minimum absolute atomic E-state index is 0.0430. The molecule has 0 spiro atoms. The quantitative estimate of drug-likeness (QED) is 0.376. The first-order valence-corrected chi connectivity index (χ1v) is 8.77. The van der Waals surface area contributed by atoms with E-state index < -0.39 is 12.8 Å². The second-order valence-electron chi connectivity index (χ2n) is 6.24. The highest BCUT2D eigenvalue weighted by Crippen LogP contribution is 2.30. The largest absolute Gasteiger partial charge is 0.493 e. The van der Waals surface area contributed by atoms with E-state index >= 15 is 0 Å². The Hall–Kier alpha value is -1.96. The minimum atomic E-state index is -4.28. The van der Waals surface area contributed by atoms with Gasteiger partial charge in [0, 0.05) is 32.3 Å². The van der Waals surface area contributed by atoms with Gasteiger partial charge in [-0.1, -0.05) is 18.2 Å². The number of halogens is 3. The van der Waals surface area contributed by atoms with Crippen molar-refractivity contribution in [2.45, 2.75) is 32.0 Å². The van der Waals surface area contributed by atoms with E-state index in [9.17, 15) is 13.2 Å². The molecule has 1 aromatic rings. The van der Waals surface area contributed by atoms with E-state index in [4.69, 9.17) is 4.74 Å². The predicted molar refractivity (Wildman–Crippen MR) is 94.4 cm³/mol. The van der Waals surface area contributed by atoms with Crippen LogP contribution >= 0.6 is 0 Å². The van der Waals surface area contributed by atoms with Gasteiger partial charge in [-0.15, -0.1) is 0 Å². The maximum absolute atomic E-state index is 12.0. The number of benzene rings is 1. The molecule has 26 heavy (non-hydrogen) atoms. The lowest BCUT2D eigenvalue weighted by Gasteiger charge is -2.15. The number of nitrogens with zero attached hydrogens (tertiary/aromatic N) is 1. The first kappa shape index (κ1) is 20.4. The van der Waals surface area contributed by atoms with Crippen molar-refractivity contribution in [3.8, 4) is 5.75 Å². The maximum Gasteiger partial charge on any atom is 0.411 e. The highest BCUT2D eigenvalue weighted by Gasteiger charge is 2.27. The summed E-state index contributed by atoms with van der Waals surface area (Å²) < 4.78 is 46.3. The zero-order valence-corrected chi connectivity index (χ0v) is 14.9. The number of hydrogen-bond acceptors (Lipinski definition) is 3. The van der Waals surface area contributed by atoms with Crippen LogP contribution in [-0.2, 0) is 11.3 Å². The molecular formula is C18H26F3N3O2. The van der Waals surface area contributed by atoms with E-state index in [0.29, 0.717) is 31.4 Å². The lowest BCUT2D eigenvalue weighted by atomic mass is 10.2.